The molecule has 4 rings (SSSR count). The molecular formula is C24H23Cl2FN2O4. The highest BCUT2D eigenvalue weighted by Gasteiger charge is 2.28. The molecule has 0 bridgehead atoms. The molecule has 1 aliphatic rings. The smallest absolute Gasteiger partial charge is 0.325 e. The van der Waals surface area contributed by atoms with E-state index in [0.29, 0.717) is 40.9 Å². The van der Waals surface area contributed by atoms with Gasteiger partial charge in [0.05, 0.1) is 22.2 Å². The van der Waals surface area contributed by atoms with E-state index in [1.807, 2.05) is 4.57 Å². The number of carbonyl (C=O) groups is 2. The first-order chi connectivity index (χ1) is 15.9. The van der Waals surface area contributed by atoms with Crippen molar-refractivity contribution in [3.63, 3.8) is 0 Å². The Bertz CT molecular complexity index is 1210. The van der Waals surface area contributed by atoms with Crippen LogP contribution >= 0.6 is 23.2 Å². The molecule has 0 aliphatic heterocycles. The van der Waals surface area contributed by atoms with Crippen molar-refractivity contribution in [3.8, 4) is 5.75 Å². The van der Waals surface area contributed by atoms with Crippen LogP contribution in [0.25, 0.3) is 10.9 Å². The molecule has 1 unspecified atom stereocenters. The molecule has 33 heavy (non-hydrogen) atoms. The maximum atomic E-state index is 14.2. The summed E-state index contributed by atoms with van der Waals surface area (Å²) in [5.41, 5.74) is 2.38. The number of carbonyl (C=O) groups excluding carboxylic acids is 2. The van der Waals surface area contributed by atoms with Crippen molar-refractivity contribution in [2.45, 2.75) is 38.8 Å². The summed E-state index contributed by atoms with van der Waals surface area (Å²) in [5.74, 6) is -0.678. The lowest BCUT2D eigenvalue weighted by molar-refractivity contribution is -0.143. The molecular weight excluding hydrogens is 470 g/mol. The van der Waals surface area contributed by atoms with Gasteiger partial charge in [0.1, 0.15) is 18.1 Å². The number of benzene rings is 2. The number of nitrogens with zero attached hydrogens (tertiary/aromatic N) is 1. The third-order valence-corrected chi connectivity index (χ3v) is 6.23. The van der Waals surface area contributed by atoms with Crippen LogP contribution in [0.1, 0.15) is 24.6 Å². The SMILES string of the molecule is CCOC(=O)Cn1c2c(c3cc(F)cc(Cl)c31)CC(NC(=O)COc1ccccc1Cl)CC2. The van der Waals surface area contributed by atoms with Crippen LogP contribution < -0.4 is 10.1 Å². The number of hydrogen-bond acceptors (Lipinski definition) is 4. The predicted octanol–water partition coefficient (Wildman–Crippen LogP) is 4.70. The summed E-state index contributed by atoms with van der Waals surface area (Å²) >= 11 is 12.4. The van der Waals surface area contributed by atoms with Crippen molar-refractivity contribution in [2.24, 2.45) is 0 Å². The zero-order chi connectivity index (χ0) is 23.5. The van der Waals surface area contributed by atoms with Gasteiger partial charge in [0.15, 0.2) is 6.61 Å². The van der Waals surface area contributed by atoms with Crippen LogP contribution in [0.5, 0.6) is 5.75 Å². The molecule has 1 atom stereocenters. The topological polar surface area (TPSA) is 69.6 Å². The zero-order valence-corrected chi connectivity index (χ0v) is 19.5. The maximum absolute atomic E-state index is 14.2. The number of ether oxygens (including phenoxy) is 2. The highest BCUT2D eigenvalue weighted by molar-refractivity contribution is 6.35. The molecule has 174 valence electrons. The van der Waals surface area contributed by atoms with Crippen LogP contribution in [0.4, 0.5) is 4.39 Å². The molecule has 1 N–H and O–H groups in total. The van der Waals surface area contributed by atoms with E-state index in [2.05, 4.69) is 5.32 Å². The molecule has 1 aromatic heterocycles. The van der Waals surface area contributed by atoms with Gasteiger partial charge in [-0.05, 0) is 56.0 Å². The molecule has 1 aliphatic carbocycles. The summed E-state index contributed by atoms with van der Waals surface area (Å²) in [6.07, 6.45) is 1.74. The second-order valence-corrected chi connectivity index (χ2v) is 8.64. The highest BCUT2D eigenvalue weighted by atomic mass is 35.5. The average molecular weight is 493 g/mol. The summed E-state index contributed by atoms with van der Waals surface area (Å²) in [6, 6.07) is 9.44. The number of rotatable bonds is 7. The van der Waals surface area contributed by atoms with E-state index in [9.17, 15) is 14.0 Å². The Morgan fingerprint density at radius 3 is 2.76 bits per heavy atom. The van der Waals surface area contributed by atoms with E-state index >= 15 is 0 Å². The molecule has 9 heteroatoms. The lowest BCUT2D eigenvalue weighted by Crippen LogP contribution is -2.41. The lowest BCUT2D eigenvalue weighted by atomic mass is 9.91. The van der Waals surface area contributed by atoms with Gasteiger partial charge in [-0.3, -0.25) is 9.59 Å². The summed E-state index contributed by atoms with van der Waals surface area (Å²) in [5, 5.41) is 4.29. The van der Waals surface area contributed by atoms with Gasteiger partial charge in [0, 0.05) is 17.1 Å². The third-order valence-electron chi connectivity index (χ3n) is 5.63. The minimum Gasteiger partial charge on any atom is -0.482 e. The van der Waals surface area contributed by atoms with Crippen molar-refractivity contribution in [1.82, 2.24) is 9.88 Å². The average Bonchev–Trinajstić information content (AvgIpc) is 3.06. The van der Waals surface area contributed by atoms with Gasteiger partial charge in [0.25, 0.3) is 5.91 Å². The molecule has 3 aromatic rings. The Kier molecular flexibility index (Phi) is 7.10. The van der Waals surface area contributed by atoms with E-state index in [1.54, 1.807) is 31.2 Å². The Balaban J connectivity index is 1.53. The van der Waals surface area contributed by atoms with Gasteiger partial charge in [-0.2, -0.15) is 0 Å². The minimum atomic E-state index is -0.456. The largest absolute Gasteiger partial charge is 0.482 e. The Morgan fingerprint density at radius 1 is 1.21 bits per heavy atom. The first kappa shape index (κ1) is 23.4. The number of para-hydroxylation sites is 1. The van der Waals surface area contributed by atoms with Gasteiger partial charge in [0.2, 0.25) is 0 Å². The van der Waals surface area contributed by atoms with Crippen LogP contribution in [-0.4, -0.2) is 35.7 Å². The van der Waals surface area contributed by atoms with E-state index in [-0.39, 0.29) is 42.7 Å². The fourth-order valence-electron chi connectivity index (χ4n) is 4.30. The zero-order valence-electron chi connectivity index (χ0n) is 18.0. The van der Waals surface area contributed by atoms with Crippen LogP contribution in [0.3, 0.4) is 0 Å². The normalized spacial score (nSPS) is 15.2. The number of halogens is 3. The predicted molar refractivity (Wildman–Crippen MR) is 124 cm³/mol. The number of amides is 1. The second-order valence-electron chi connectivity index (χ2n) is 7.83. The van der Waals surface area contributed by atoms with Crippen LogP contribution in [0.2, 0.25) is 10.0 Å². The standard InChI is InChI=1S/C24H23Cl2FN2O4/c1-2-32-23(31)12-29-20-8-7-15(11-16(20)17-9-14(27)10-19(26)24(17)29)28-22(30)13-33-21-6-4-3-5-18(21)25/h3-6,9-10,15H,2,7-8,11-13H2,1H3,(H,28,30). The first-order valence-electron chi connectivity index (χ1n) is 10.7. The monoisotopic (exact) mass is 492 g/mol. The third kappa shape index (κ3) is 5.09. The molecule has 0 saturated carbocycles. The summed E-state index contributed by atoms with van der Waals surface area (Å²) in [4.78, 5) is 24.7. The maximum Gasteiger partial charge on any atom is 0.325 e. The fourth-order valence-corrected chi connectivity index (χ4v) is 4.80. The van der Waals surface area contributed by atoms with E-state index < -0.39 is 5.82 Å². The van der Waals surface area contributed by atoms with E-state index in [4.69, 9.17) is 32.7 Å². The van der Waals surface area contributed by atoms with Crippen molar-refractivity contribution >= 4 is 46.0 Å². The molecule has 0 spiro atoms. The summed E-state index contributed by atoms with van der Waals surface area (Å²) < 4.78 is 26.6. The highest BCUT2D eigenvalue weighted by Crippen LogP contribution is 2.36. The Labute approximate surface area is 200 Å². The number of fused-ring (bicyclic) bond motifs is 3. The minimum absolute atomic E-state index is 0.00622. The summed E-state index contributed by atoms with van der Waals surface area (Å²) in [6.45, 7) is 1.84. The molecule has 1 heterocycles. The number of nitrogens with one attached hydrogen (secondary N) is 1. The van der Waals surface area contributed by atoms with Crippen LogP contribution in [-0.2, 0) is 33.7 Å². The van der Waals surface area contributed by atoms with E-state index in [1.165, 1.54) is 12.1 Å². The molecule has 0 radical (unpaired) electrons. The molecule has 1 amide bonds. The number of esters is 1. The fraction of sp³-hybridized carbons (Fsp3) is 0.333. The molecule has 6 nitrogen and oxygen atoms in total. The quantitative estimate of drug-likeness (QED) is 0.485. The van der Waals surface area contributed by atoms with Gasteiger partial charge in [-0.1, -0.05) is 35.3 Å². The van der Waals surface area contributed by atoms with Crippen molar-refractivity contribution in [1.29, 1.82) is 0 Å². The van der Waals surface area contributed by atoms with Crippen molar-refractivity contribution in [3.05, 3.63) is 63.5 Å². The Morgan fingerprint density at radius 2 is 2.00 bits per heavy atom. The van der Waals surface area contributed by atoms with Gasteiger partial charge >= 0.3 is 5.97 Å². The number of aromatic nitrogens is 1. The van der Waals surface area contributed by atoms with E-state index in [0.717, 1.165) is 11.3 Å². The van der Waals surface area contributed by atoms with Crippen LogP contribution in [0, 0.1) is 5.82 Å². The van der Waals surface area contributed by atoms with Gasteiger partial charge < -0.3 is 19.4 Å². The van der Waals surface area contributed by atoms with Gasteiger partial charge in [-0.15, -0.1) is 0 Å². The summed E-state index contributed by atoms with van der Waals surface area (Å²) in [7, 11) is 0. The number of hydrogen-bond donors (Lipinski definition) is 1. The van der Waals surface area contributed by atoms with Crippen molar-refractivity contribution in [2.75, 3.05) is 13.2 Å². The lowest BCUT2D eigenvalue weighted by Gasteiger charge is -2.25. The van der Waals surface area contributed by atoms with Gasteiger partial charge in [-0.25, -0.2) is 4.39 Å². The van der Waals surface area contributed by atoms with Crippen molar-refractivity contribution < 1.29 is 23.5 Å². The Hall–Kier alpha value is -2.77. The molecule has 0 saturated heterocycles. The molecule has 0 fully saturated rings. The second kappa shape index (κ2) is 10.0. The van der Waals surface area contributed by atoms with Crippen LogP contribution in [0.15, 0.2) is 36.4 Å². The molecule has 2 aromatic carbocycles. The first-order valence-corrected chi connectivity index (χ1v) is 11.4.